The highest BCUT2D eigenvalue weighted by Gasteiger charge is 2.32. The van der Waals surface area contributed by atoms with Crippen molar-refractivity contribution in [3.63, 3.8) is 0 Å². The Morgan fingerprint density at radius 1 is 1.44 bits per heavy atom. The van der Waals surface area contributed by atoms with E-state index in [1.165, 1.54) is 0 Å². The monoisotopic (exact) mass is 256 g/mol. The number of carboxylic acid groups (broad SMARTS) is 1. The lowest BCUT2D eigenvalue weighted by atomic mass is 10.1. The molecular formula is C13H24N2O3. The van der Waals surface area contributed by atoms with Crippen LogP contribution in [0.25, 0.3) is 0 Å². The van der Waals surface area contributed by atoms with E-state index in [1.807, 2.05) is 4.90 Å². The first-order valence-corrected chi connectivity index (χ1v) is 6.62. The number of likely N-dealkylation sites (N-methyl/N-ethyl adjacent to an activating group) is 1. The Bertz CT molecular complexity index is 305. The maximum Gasteiger partial charge on any atom is 0.305 e. The zero-order chi connectivity index (χ0) is 13.7. The molecule has 1 aliphatic heterocycles. The van der Waals surface area contributed by atoms with Crippen molar-refractivity contribution in [3.8, 4) is 0 Å². The normalized spacial score (nSPS) is 22.3. The highest BCUT2D eigenvalue weighted by Crippen LogP contribution is 2.15. The maximum absolute atomic E-state index is 12.2. The first-order valence-electron chi connectivity index (χ1n) is 6.62. The molecule has 1 heterocycles. The van der Waals surface area contributed by atoms with Crippen LogP contribution in [0.5, 0.6) is 0 Å². The number of amides is 1. The highest BCUT2D eigenvalue weighted by atomic mass is 16.4. The molecule has 0 aliphatic carbocycles. The molecule has 104 valence electrons. The summed E-state index contributed by atoms with van der Waals surface area (Å²) in [7, 11) is 1.75. The fourth-order valence-electron chi connectivity index (χ4n) is 2.26. The average molecular weight is 256 g/mol. The molecule has 1 unspecified atom stereocenters. The van der Waals surface area contributed by atoms with Crippen LogP contribution < -0.4 is 0 Å². The first kappa shape index (κ1) is 15.0. The SMILES string of the molecule is CC(C)CCN1CCCN(C)C(=O)C1CC(=O)O. The zero-order valence-electron chi connectivity index (χ0n) is 11.6. The Morgan fingerprint density at radius 3 is 2.67 bits per heavy atom. The number of hydrogen-bond acceptors (Lipinski definition) is 3. The van der Waals surface area contributed by atoms with Gasteiger partial charge in [-0.3, -0.25) is 14.5 Å². The van der Waals surface area contributed by atoms with Crippen molar-refractivity contribution in [2.45, 2.75) is 39.2 Å². The smallest absolute Gasteiger partial charge is 0.305 e. The van der Waals surface area contributed by atoms with Gasteiger partial charge in [-0.1, -0.05) is 13.8 Å². The van der Waals surface area contributed by atoms with Gasteiger partial charge in [0.05, 0.1) is 12.5 Å². The minimum Gasteiger partial charge on any atom is -0.481 e. The second-order valence-electron chi connectivity index (χ2n) is 5.45. The summed E-state index contributed by atoms with van der Waals surface area (Å²) < 4.78 is 0. The number of carboxylic acids is 1. The Kier molecular flexibility index (Phi) is 5.59. The number of rotatable bonds is 5. The summed E-state index contributed by atoms with van der Waals surface area (Å²) in [6.07, 6.45) is 1.81. The van der Waals surface area contributed by atoms with E-state index in [-0.39, 0.29) is 12.3 Å². The minimum atomic E-state index is -0.904. The minimum absolute atomic E-state index is 0.0568. The van der Waals surface area contributed by atoms with Gasteiger partial charge in [-0.05, 0) is 25.3 Å². The summed E-state index contributed by atoms with van der Waals surface area (Å²) >= 11 is 0. The molecule has 0 aromatic rings. The van der Waals surface area contributed by atoms with Gasteiger partial charge in [0.2, 0.25) is 5.91 Å². The summed E-state index contributed by atoms with van der Waals surface area (Å²) in [6, 6.07) is -0.492. The average Bonchev–Trinajstić information content (AvgIpc) is 2.39. The van der Waals surface area contributed by atoms with Crippen LogP contribution in [0.3, 0.4) is 0 Å². The highest BCUT2D eigenvalue weighted by molar-refractivity contribution is 5.86. The van der Waals surface area contributed by atoms with Crippen LogP contribution in [0.4, 0.5) is 0 Å². The van der Waals surface area contributed by atoms with E-state index in [0.29, 0.717) is 12.5 Å². The Morgan fingerprint density at radius 2 is 2.11 bits per heavy atom. The van der Waals surface area contributed by atoms with Crippen molar-refractivity contribution in [1.82, 2.24) is 9.80 Å². The predicted octanol–water partition coefficient (Wildman–Crippen LogP) is 1.04. The van der Waals surface area contributed by atoms with E-state index in [2.05, 4.69) is 13.8 Å². The van der Waals surface area contributed by atoms with Crippen molar-refractivity contribution in [2.24, 2.45) is 5.92 Å². The summed E-state index contributed by atoms with van der Waals surface area (Å²) in [5.74, 6) is -0.400. The fraction of sp³-hybridized carbons (Fsp3) is 0.846. The molecule has 1 aliphatic rings. The predicted molar refractivity (Wildman–Crippen MR) is 69.3 cm³/mol. The molecule has 5 nitrogen and oxygen atoms in total. The van der Waals surface area contributed by atoms with Crippen molar-refractivity contribution >= 4 is 11.9 Å². The van der Waals surface area contributed by atoms with Crippen LogP contribution in [-0.2, 0) is 9.59 Å². The molecule has 5 heteroatoms. The topological polar surface area (TPSA) is 60.9 Å². The number of aliphatic carboxylic acids is 1. The van der Waals surface area contributed by atoms with E-state index in [9.17, 15) is 9.59 Å². The summed E-state index contributed by atoms with van der Waals surface area (Å²) in [5.41, 5.74) is 0. The van der Waals surface area contributed by atoms with Crippen LogP contribution in [0.15, 0.2) is 0 Å². The Hall–Kier alpha value is -1.10. The molecule has 0 spiro atoms. The maximum atomic E-state index is 12.2. The summed E-state index contributed by atoms with van der Waals surface area (Å²) in [6.45, 7) is 6.60. The largest absolute Gasteiger partial charge is 0.481 e. The lowest BCUT2D eigenvalue weighted by Crippen LogP contribution is -2.46. The first-order chi connectivity index (χ1) is 8.41. The molecule has 1 fully saturated rings. The van der Waals surface area contributed by atoms with Crippen molar-refractivity contribution < 1.29 is 14.7 Å². The molecule has 1 atom stereocenters. The molecule has 1 N–H and O–H groups in total. The van der Waals surface area contributed by atoms with Gasteiger partial charge in [-0.2, -0.15) is 0 Å². The summed E-state index contributed by atoms with van der Waals surface area (Å²) in [4.78, 5) is 26.8. The number of carbonyl (C=O) groups is 2. The van der Waals surface area contributed by atoms with Crippen LogP contribution in [0, 0.1) is 5.92 Å². The molecule has 0 bridgehead atoms. The number of hydrogen-bond donors (Lipinski definition) is 1. The lowest BCUT2D eigenvalue weighted by Gasteiger charge is -2.29. The molecule has 0 aromatic heterocycles. The molecule has 1 rings (SSSR count). The van der Waals surface area contributed by atoms with Gasteiger partial charge < -0.3 is 10.0 Å². The van der Waals surface area contributed by atoms with E-state index >= 15 is 0 Å². The third-order valence-electron chi connectivity index (χ3n) is 3.40. The second-order valence-corrected chi connectivity index (χ2v) is 5.45. The third kappa shape index (κ3) is 4.29. The molecule has 1 amide bonds. The van der Waals surface area contributed by atoms with Crippen molar-refractivity contribution in [3.05, 3.63) is 0 Å². The van der Waals surface area contributed by atoms with Gasteiger partial charge >= 0.3 is 5.97 Å². The quantitative estimate of drug-likeness (QED) is 0.798. The van der Waals surface area contributed by atoms with Crippen LogP contribution in [0.1, 0.15) is 33.1 Å². The number of carbonyl (C=O) groups excluding carboxylic acids is 1. The molecule has 0 saturated carbocycles. The van der Waals surface area contributed by atoms with Crippen LogP contribution in [-0.4, -0.2) is 59.5 Å². The van der Waals surface area contributed by atoms with Crippen LogP contribution >= 0.6 is 0 Å². The summed E-state index contributed by atoms with van der Waals surface area (Å²) in [5, 5.41) is 8.96. The number of nitrogens with zero attached hydrogens (tertiary/aromatic N) is 2. The van der Waals surface area contributed by atoms with Gasteiger partial charge in [0.25, 0.3) is 0 Å². The molecular weight excluding hydrogens is 232 g/mol. The molecule has 0 aromatic carbocycles. The van der Waals surface area contributed by atoms with Crippen molar-refractivity contribution in [1.29, 1.82) is 0 Å². The van der Waals surface area contributed by atoms with Gasteiger partial charge in [0.1, 0.15) is 0 Å². The molecule has 18 heavy (non-hydrogen) atoms. The second kappa shape index (κ2) is 6.73. The zero-order valence-corrected chi connectivity index (χ0v) is 11.6. The Balaban J connectivity index is 2.74. The van der Waals surface area contributed by atoms with E-state index in [1.54, 1.807) is 11.9 Å². The lowest BCUT2D eigenvalue weighted by molar-refractivity contribution is -0.144. The standard InChI is InChI=1S/C13H24N2O3/c1-10(2)5-8-15-7-4-6-14(3)13(18)11(15)9-12(16)17/h10-11H,4-9H2,1-3H3,(H,16,17). The van der Waals surface area contributed by atoms with Crippen molar-refractivity contribution in [2.75, 3.05) is 26.7 Å². The van der Waals surface area contributed by atoms with E-state index < -0.39 is 12.0 Å². The van der Waals surface area contributed by atoms with Gasteiger partial charge in [0.15, 0.2) is 0 Å². The third-order valence-corrected chi connectivity index (χ3v) is 3.40. The van der Waals surface area contributed by atoms with Gasteiger partial charge in [-0.25, -0.2) is 0 Å². The Labute approximate surface area is 109 Å². The van der Waals surface area contributed by atoms with Gasteiger partial charge in [-0.15, -0.1) is 0 Å². The van der Waals surface area contributed by atoms with Gasteiger partial charge in [0, 0.05) is 20.1 Å². The molecule has 0 radical (unpaired) electrons. The van der Waals surface area contributed by atoms with E-state index in [0.717, 1.165) is 25.9 Å². The van der Waals surface area contributed by atoms with E-state index in [4.69, 9.17) is 5.11 Å². The molecule has 1 saturated heterocycles. The van der Waals surface area contributed by atoms with Crippen LogP contribution in [0.2, 0.25) is 0 Å². The fourth-order valence-corrected chi connectivity index (χ4v) is 2.26.